The topological polar surface area (TPSA) is 38.3 Å². The fourth-order valence-electron chi connectivity index (χ4n) is 2.04. The van der Waals surface area contributed by atoms with Crippen molar-refractivity contribution in [1.29, 1.82) is 0 Å². The maximum absolute atomic E-state index is 12.8. The summed E-state index contributed by atoms with van der Waals surface area (Å²) in [5.41, 5.74) is -0.636. The Balaban J connectivity index is 1.87. The Morgan fingerprint density at radius 1 is 1.45 bits per heavy atom. The zero-order valence-electron chi connectivity index (χ0n) is 11.8. The van der Waals surface area contributed by atoms with Gasteiger partial charge in [0.1, 0.15) is 11.4 Å². The standard InChI is InChI=1S/C15H20FNO2S/c1-15(14(18)19-2,17-12-5-6-12)9-10-20-13-7-3-11(16)4-8-13/h3-4,7-8,12,17H,5-6,9-10H2,1-2H3. The average molecular weight is 297 g/mol. The van der Waals surface area contributed by atoms with E-state index >= 15 is 0 Å². The highest BCUT2D eigenvalue weighted by atomic mass is 32.2. The summed E-state index contributed by atoms with van der Waals surface area (Å²) in [6, 6.07) is 6.84. The first-order valence-corrected chi connectivity index (χ1v) is 7.76. The van der Waals surface area contributed by atoms with E-state index in [1.165, 1.54) is 19.2 Å². The van der Waals surface area contributed by atoms with Crippen molar-refractivity contribution >= 4 is 17.7 Å². The smallest absolute Gasteiger partial charge is 0.325 e. The lowest BCUT2D eigenvalue weighted by atomic mass is 9.99. The van der Waals surface area contributed by atoms with Crippen LogP contribution in [0.1, 0.15) is 26.2 Å². The van der Waals surface area contributed by atoms with Crippen molar-refractivity contribution in [3.63, 3.8) is 0 Å². The number of nitrogens with one attached hydrogen (secondary N) is 1. The normalized spacial score (nSPS) is 17.6. The minimum atomic E-state index is -0.636. The molecule has 2 rings (SSSR count). The van der Waals surface area contributed by atoms with Crippen LogP contribution in [0.2, 0.25) is 0 Å². The van der Waals surface area contributed by atoms with Crippen molar-refractivity contribution in [3.8, 4) is 0 Å². The summed E-state index contributed by atoms with van der Waals surface area (Å²) in [7, 11) is 1.42. The van der Waals surface area contributed by atoms with E-state index in [9.17, 15) is 9.18 Å². The van der Waals surface area contributed by atoms with Crippen molar-refractivity contribution < 1.29 is 13.9 Å². The predicted molar refractivity (Wildman–Crippen MR) is 78.3 cm³/mol. The molecule has 1 aliphatic rings. The number of esters is 1. The number of hydrogen-bond acceptors (Lipinski definition) is 4. The number of thioether (sulfide) groups is 1. The van der Waals surface area contributed by atoms with E-state index in [2.05, 4.69) is 5.32 Å². The van der Waals surface area contributed by atoms with E-state index in [4.69, 9.17) is 4.74 Å². The van der Waals surface area contributed by atoms with Crippen LogP contribution in [-0.4, -0.2) is 30.4 Å². The molecule has 1 saturated carbocycles. The largest absolute Gasteiger partial charge is 0.468 e. The Bertz CT molecular complexity index is 461. The van der Waals surface area contributed by atoms with E-state index in [-0.39, 0.29) is 11.8 Å². The molecule has 1 unspecified atom stereocenters. The van der Waals surface area contributed by atoms with Gasteiger partial charge in [-0.05, 0) is 50.5 Å². The highest BCUT2D eigenvalue weighted by Gasteiger charge is 2.38. The second-order valence-electron chi connectivity index (χ2n) is 5.29. The van der Waals surface area contributed by atoms with Gasteiger partial charge in [0.25, 0.3) is 0 Å². The molecule has 0 amide bonds. The van der Waals surface area contributed by atoms with Gasteiger partial charge in [-0.25, -0.2) is 4.39 Å². The molecule has 0 aromatic heterocycles. The summed E-state index contributed by atoms with van der Waals surface area (Å²) < 4.78 is 17.7. The third-order valence-corrected chi connectivity index (χ3v) is 4.43. The maximum atomic E-state index is 12.8. The van der Waals surface area contributed by atoms with E-state index in [1.807, 2.05) is 6.92 Å². The van der Waals surface area contributed by atoms with E-state index in [0.29, 0.717) is 12.5 Å². The van der Waals surface area contributed by atoms with Gasteiger partial charge < -0.3 is 4.74 Å². The molecular weight excluding hydrogens is 277 g/mol. The average Bonchev–Trinajstić information content (AvgIpc) is 3.24. The highest BCUT2D eigenvalue weighted by Crippen LogP contribution is 2.27. The van der Waals surface area contributed by atoms with Gasteiger partial charge in [0.15, 0.2) is 0 Å². The molecule has 0 spiro atoms. The molecule has 1 aliphatic carbocycles. The fraction of sp³-hybridized carbons (Fsp3) is 0.533. The highest BCUT2D eigenvalue weighted by molar-refractivity contribution is 7.99. The monoisotopic (exact) mass is 297 g/mol. The van der Waals surface area contributed by atoms with Crippen LogP contribution in [0.15, 0.2) is 29.2 Å². The Hall–Kier alpha value is -1.07. The minimum Gasteiger partial charge on any atom is -0.468 e. The summed E-state index contributed by atoms with van der Waals surface area (Å²) in [5, 5.41) is 3.37. The second kappa shape index (κ2) is 6.59. The predicted octanol–water partition coefficient (Wildman–Crippen LogP) is 2.99. The first kappa shape index (κ1) is 15.3. The molecule has 3 nitrogen and oxygen atoms in total. The molecule has 0 bridgehead atoms. The Morgan fingerprint density at radius 3 is 2.65 bits per heavy atom. The molecule has 1 N–H and O–H groups in total. The van der Waals surface area contributed by atoms with Gasteiger partial charge in [0.05, 0.1) is 7.11 Å². The van der Waals surface area contributed by atoms with Crippen LogP contribution in [0.4, 0.5) is 4.39 Å². The fourth-order valence-corrected chi connectivity index (χ4v) is 3.11. The van der Waals surface area contributed by atoms with Crippen LogP contribution in [0, 0.1) is 5.82 Å². The van der Waals surface area contributed by atoms with Crippen LogP contribution in [0.3, 0.4) is 0 Å². The van der Waals surface area contributed by atoms with Gasteiger partial charge in [-0.15, -0.1) is 11.8 Å². The van der Waals surface area contributed by atoms with Crippen LogP contribution >= 0.6 is 11.8 Å². The maximum Gasteiger partial charge on any atom is 0.325 e. The molecule has 20 heavy (non-hydrogen) atoms. The lowest BCUT2D eigenvalue weighted by Crippen LogP contribution is -2.51. The van der Waals surface area contributed by atoms with Gasteiger partial charge in [-0.2, -0.15) is 0 Å². The Morgan fingerprint density at radius 2 is 2.10 bits per heavy atom. The van der Waals surface area contributed by atoms with Crippen molar-refractivity contribution in [1.82, 2.24) is 5.32 Å². The number of methoxy groups -OCH3 is 1. The lowest BCUT2D eigenvalue weighted by Gasteiger charge is -2.28. The summed E-state index contributed by atoms with van der Waals surface area (Å²) in [5.74, 6) is 0.324. The molecule has 1 aromatic rings. The van der Waals surface area contributed by atoms with Crippen molar-refractivity contribution in [3.05, 3.63) is 30.1 Å². The molecular formula is C15H20FNO2S. The van der Waals surface area contributed by atoms with Crippen molar-refractivity contribution in [2.45, 2.75) is 42.7 Å². The molecule has 110 valence electrons. The minimum absolute atomic E-state index is 0.218. The number of hydrogen-bond donors (Lipinski definition) is 1. The molecule has 0 heterocycles. The Labute approximate surface area is 123 Å². The molecule has 1 fully saturated rings. The number of rotatable bonds is 7. The van der Waals surface area contributed by atoms with Gasteiger partial charge in [0, 0.05) is 16.7 Å². The third-order valence-electron chi connectivity index (χ3n) is 3.42. The van der Waals surface area contributed by atoms with Crippen molar-refractivity contribution in [2.75, 3.05) is 12.9 Å². The lowest BCUT2D eigenvalue weighted by molar-refractivity contribution is -0.148. The van der Waals surface area contributed by atoms with E-state index in [0.717, 1.165) is 23.5 Å². The summed E-state index contributed by atoms with van der Waals surface area (Å²) in [6.07, 6.45) is 2.92. The summed E-state index contributed by atoms with van der Waals surface area (Å²) in [6.45, 7) is 1.89. The van der Waals surface area contributed by atoms with Crippen LogP contribution in [-0.2, 0) is 9.53 Å². The van der Waals surface area contributed by atoms with Gasteiger partial charge >= 0.3 is 5.97 Å². The van der Waals surface area contributed by atoms with E-state index < -0.39 is 5.54 Å². The molecule has 1 aromatic carbocycles. The number of halogens is 1. The van der Waals surface area contributed by atoms with Gasteiger partial charge in [0.2, 0.25) is 0 Å². The SMILES string of the molecule is COC(=O)C(C)(CCSc1ccc(F)cc1)NC1CC1. The van der Waals surface area contributed by atoms with Crippen LogP contribution < -0.4 is 5.32 Å². The van der Waals surface area contributed by atoms with E-state index in [1.54, 1.807) is 23.9 Å². The van der Waals surface area contributed by atoms with Gasteiger partial charge in [-0.3, -0.25) is 10.1 Å². The first-order valence-electron chi connectivity index (χ1n) is 6.78. The molecule has 5 heteroatoms. The molecule has 0 aliphatic heterocycles. The van der Waals surface area contributed by atoms with Crippen LogP contribution in [0.5, 0.6) is 0 Å². The number of carbonyl (C=O) groups is 1. The number of benzene rings is 1. The second-order valence-corrected chi connectivity index (χ2v) is 6.46. The number of ether oxygens (including phenoxy) is 1. The van der Waals surface area contributed by atoms with Crippen molar-refractivity contribution in [2.24, 2.45) is 0 Å². The zero-order valence-corrected chi connectivity index (χ0v) is 12.6. The zero-order chi connectivity index (χ0) is 14.6. The number of carbonyl (C=O) groups excluding carboxylic acids is 1. The van der Waals surface area contributed by atoms with Crippen LogP contribution in [0.25, 0.3) is 0 Å². The summed E-state index contributed by atoms with van der Waals surface area (Å²) >= 11 is 1.62. The first-order chi connectivity index (χ1) is 9.53. The quantitative estimate of drug-likeness (QED) is 0.620. The Kier molecular flexibility index (Phi) is 5.05. The molecule has 1 atom stereocenters. The molecule has 0 radical (unpaired) electrons. The molecule has 0 saturated heterocycles. The summed E-state index contributed by atoms with van der Waals surface area (Å²) in [4.78, 5) is 12.9. The third kappa shape index (κ3) is 4.21. The van der Waals surface area contributed by atoms with Gasteiger partial charge in [-0.1, -0.05) is 0 Å².